The van der Waals surface area contributed by atoms with Gasteiger partial charge in [-0.1, -0.05) is 0 Å². The zero-order valence-corrected chi connectivity index (χ0v) is 9.92. The normalized spacial score (nSPS) is 28.1. The molecule has 0 aromatic heterocycles. The first kappa shape index (κ1) is 12.3. The number of halogens is 1. The van der Waals surface area contributed by atoms with E-state index in [1.807, 2.05) is 0 Å². The van der Waals surface area contributed by atoms with Crippen LogP contribution < -0.4 is 5.32 Å². The molecule has 0 aromatic rings. The van der Waals surface area contributed by atoms with Crippen molar-refractivity contribution in [2.45, 2.75) is 31.4 Å². The van der Waals surface area contributed by atoms with Gasteiger partial charge in [0.15, 0.2) is 0 Å². The Bertz CT molecular complexity index is 211. The second-order valence-corrected chi connectivity index (χ2v) is 5.30. The molecule has 0 radical (unpaired) electrons. The number of aliphatic hydroxyl groups is 1. The lowest BCUT2D eigenvalue weighted by atomic mass is 9.91. The fourth-order valence-corrected chi connectivity index (χ4v) is 2.76. The number of aliphatic hydroxyl groups excluding tert-OH is 1. The number of nitrogens with one attached hydrogen (secondary N) is 1. The highest BCUT2D eigenvalue weighted by atomic mass is 19.1. The van der Waals surface area contributed by atoms with Crippen molar-refractivity contribution in [3.63, 3.8) is 0 Å². The molecule has 4 heteroatoms. The fraction of sp³-hybridized carbons (Fsp3) is 1.00. The Labute approximate surface area is 97.0 Å². The van der Waals surface area contributed by atoms with E-state index in [-0.39, 0.29) is 0 Å². The summed E-state index contributed by atoms with van der Waals surface area (Å²) in [6, 6.07) is 0. The van der Waals surface area contributed by atoms with E-state index in [1.165, 1.54) is 0 Å². The first-order valence-corrected chi connectivity index (χ1v) is 6.45. The van der Waals surface area contributed by atoms with Crippen LogP contribution in [0.1, 0.15) is 25.7 Å². The Morgan fingerprint density at radius 2 is 1.88 bits per heavy atom. The van der Waals surface area contributed by atoms with Gasteiger partial charge in [-0.15, -0.1) is 0 Å². The average molecular weight is 230 g/mol. The van der Waals surface area contributed by atoms with Gasteiger partial charge in [0, 0.05) is 13.2 Å². The van der Waals surface area contributed by atoms with Crippen LogP contribution in [0.3, 0.4) is 0 Å². The van der Waals surface area contributed by atoms with Gasteiger partial charge in [0.1, 0.15) is 5.67 Å². The van der Waals surface area contributed by atoms with Crippen molar-refractivity contribution in [3.8, 4) is 0 Å². The van der Waals surface area contributed by atoms with Crippen LogP contribution in [0.5, 0.6) is 0 Å². The lowest BCUT2D eigenvalue weighted by Crippen LogP contribution is -2.48. The first-order chi connectivity index (χ1) is 7.72. The van der Waals surface area contributed by atoms with Crippen LogP contribution in [0.25, 0.3) is 0 Å². The van der Waals surface area contributed by atoms with Gasteiger partial charge < -0.3 is 15.3 Å². The Balaban J connectivity index is 1.77. The number of hydrogen-bond acceptors (Lipinski definition) is 3. The van der Waals surface area contributed by atoms with Gasteiger partial charge in [-0.3, -0.25) is 0 Å². The van der Waals surface area contributed by atoms with Crippen LogP contribution in [-0.4, -0.2) is 55.0 Å². The molecule has 2 saturated heterocycles. The predicted octanol–water partition coefficient (Wildman–Crippen LogP) is 0.782. The highest BCUT2D eigenvalue weighted by molar-refractivity contribution is 4.89. The van der Waals surface area contributed by atoms with Crippen molar-refractivity contribution in [2.24, 2.45) is 5.92 Å². The molecule has 2 aliphatic heterocycles. The maximum Gasteiger partial charge on any atom is 0.126 e. The molecule has 2 N–H and O–H groups in total. The summed E-state index contributed by atoms with van der Waals surface area (Å²) in [5.41, 5.74) is -0.975. The Morgan fingerprint density at radius 1 is 1.25 bits per heavy atom. The van der Waals surface area contributed by atoms with Gasteiger partial charge in [-0.25, -0.2) is 4.39 Å². The summed E-state index contributed by atoms with van der Waals surface area (Å²) in [6.07, 6.45) is 3.33. The summed E-state index contributed by atoms with van der Waals surface area (Å²) in [4.78, 5) is 2.23. The summed E-state index contributed by atoms with van der Waals surface area (Å²) in [5, 5.41) is 12.3. The summed E-state index contributed by atoms with van der Waals surface area (Å²) >= 11 is 0. The third-order valence-corrected chi connectivity index (χ3v) is 3.97. The number of alkyl halides is 1. The monoisotopic (exact) mass is 230 g/mol. The van der Waals surface area contributed by atoms with E-state index in [2.05, 4.69) is 10.2 Å². The number of rotatable bonds is 3. The van der Waals surface area contributed by atoms with E-state index in [9.17, 15) is 4.39 Å². The second kappa shape index (κ2) is 5.43. The third kappa shape index (κ3) is 3.15. The van der Waals surface area contributed by atoms with E-state index in [0.717, 1.165) is 39.0 Å². The molecular formula is C12H23FN2O. The van der Waals surface area contributed by atoms with Gasteiger partial charge in [-0.05, 0) is 57.8 Å². The SMILES string of the molecule is OCC1CCN(CC2(F)CCNCC2)CC1. The average Bonchev–Trinajstić information content (AvgIpc) is 2.30. The zero-order valence-electron chi connectivity index (χ0n) is 9.92. The zero-order chi connectivity index (χ0) is 11.4. The number of likely N-dealkylation sites (tertiary alicyclic amines) is 1. The fourth-order valence-electron chi connectivity index (χ4n) is 2.76. The summed E-state index contributed by atoms with van der Waals surface area (Å²) in [7, 11) is 0. The van der Waals surface area contributed by atoms with Crippen LogP contribution in [0, 0.1) is 5.92 Å². The Hall–Kier alpha value is -0.190. The minimum absolute atomic E-state index is 0.290. The molecule has 2 heterocycles. The summed E-state index contributed by atoms with van der Waals surface area (Å²) in [5.74, 6) is 0.444. The maximum absolute atomic E-state index is 14.4. The molecule has 2 aliphatic rings. The van der Waals surface area contributed by atoms with E-state index in [4.69, 9.17) is 5.11 Å². The van der Waals surface area contributed by atoms with Gasteiger partial charge in [0.25, 0.3) is 0 Å². The molecule has 16 heavy (non-hydrogen) atoms. The van der Waals surface area contributed by atoms with Crippen molar-refractivity contribution in [1.82, 2.24) is 10.2 Å². The standard InChI is InChI=1S/C12H23FN2O/c13-12(3-5-14-6-4-12)10-15-7-1-11(9-16)2-8-15/h11,14,16H,1-10H2. The molecule has 0 unspecified atom stereocenters. The molecule has 0 aromatic carbocycles. The van der Waals surface area contributed by atoms with E-state index >= 15 is 0 Å². The molecule has 0 saturated carbocycles. The molecular weight excluding hydrogens is 207 g/mol. The molecule has 0 atom stereocenters. The quantitative estimate of drug-likeness (QED) is 0.752. The third-order valence-electron chi connectivity index (χ3n) is 3.97. The lowest BCUT2D eigenvalue weighted by molar-refractivity contribution is 0.0396. The van der Waals surface area contributed by atoms with Crippen molar-refractivity contribution < 1.29 is 9.50 Å². The van der Waals surface area contributed by atoms with Crippen LogP contribution in [0.4, 0.5) is 4.39 Å². The largest absolute Gasteiger partial charge is 0.396 e. The minimum Gasteiger partial charge on any atom is -0.396 e. The van der Waals surface area contributed by atoms with Crippen molar-refractivity contribution >= 4 is 0 Å². The molecule has 0 bridgehead atoms. The molecule has 0 spiro atoms. The van der Waals surface area contributed by atoms with Gasteiger partial charge >= 0.3 is 0 Å². The molecule has 2 rings (SSSR count). The topological polar surface area (TPSA) is 35.5 Å². The van der Waals surface area contributed by atoms with Crippen molar-refractivity contribution in [3.05, 3.63) is 0 Å². The van der Waals surface area contributed by atoms with Crippen LogP contribution in [0.2, 0.25) is 0 Å². The minimum atomic E-state index is -0.975. The lowest BCUT2D eigenvalue weighted by Gasteiger charge is -2.38. The molecule has 94 valence electrons. The molecule has 0 aliphatic carbocycles. The molecule has 3 nitrogen and oxygen atoms in total. The Morgan fingerprint density at radius 3 is 2.44 bits per heavy atom. The first-order valence-electron chi connectivity index (χ1n) is 6.45. The van der Waals surface area contributed by atoms with Gasteiger partial charge in [-0.2, -0.15) is 0 Å². The smallest absolute Gasteiger partial charge is 0.126 e. The van der Waals surface area contributed by atoms with E-state index in [0.29, 0.717) is 31.9 Å². The summed E-state index contributed by atoms with van der Waals surface area (Å²) in [6.45, 7) is 4.40. The Kier molecular flexibility index (Phi) is 4.16. The van der Waals surface area contributed by atoms with Crippen LogP contribution in [0.15, 0.2) is 0 Å². The van der Waals surface area contributed by atoms with Crippen LogP contribution >= 0.6 is 0 Å². The van der Waals surface area contributed by atoms with Gasteiger partial charge in [0.2, 0.25) is 0 Å². The number of piperidine rings is 2. The van der Waals surface area contributed by atoms with Crippen molar-refractivity contribution in [1.29, 1.82) is 0 Å². The summed E-state index contributed by atoms with van der Waals surface area (Å²) < 4.78 is 14.4. The number of hydrogen-bond donors (Lipinski definition) is 2. The number of nitrogens with zero attached hydrogens (tertiary/aromatic N) is 1. The predicted molar refractivity (Wildman–Crippen MR) is 62.2 cm³/mol. The highest BCUT2D eigenvalue weighted by Crippen LogP contribution is 2.26. The van der Waals surface area contributed by atoms with Gasteiger partial charge in [0.05, 0.1) is 0 Å². The second-order valence-electron chi connectivity index (χ2n) is 5.30. The van der Waals surface area contributed by atoms with E-state index in [1.54, 1.807) is 0 Å². The van der Waals surface area contributed by atoms with E-state index < -0.39 is 5.67 Å². The van der Waals surface area contributed by atoms with Crippen LogP contribution in [-0.2, 0) is 0 Å². The maximum atomic E-state index is 14.4. The molecule has 0 amide bonds. The van der Waals surface area contributed by atoms with Crippen molar-refractivity contribution in [2.75, 3.05) is 39.3 Å². The molecule has 2 fully saturated rings. The highest BCUT2D eigenvalue weighted by Gasteiger charge is 2.34.